The van der Waals surface area contributed by atoms with E-state index in [0.717, 1.165) is 11.6 Å². The van der Waals surface area contributed by atoms with E-state index >= 15 is 0 Å². The van der Waals surface area contributed by atoms with E-state index in [2.05, 4.69) is 15.0 Å². The van der Waals surface area contributed by atoms with Gasteiger partial charge in [-0.2, -0.15) is 18.3 Å². The molecule has 236 valence electrons. The number of carbonyl (C=O) groups excluding carboxylic acids is 1. The first kappa shape index (κ1) is 35.4. The van der Waals surface area contributed by atoms with Crippen LogP contribution in [0.1, 0.15) is 58.6 Å². The number of nitrogens with one attached hydrogen (secondary N) is 1. The van der Waals surface area contributed by atoms with Crippen LogP contribution in [0.3, 0.4) is 0 Å². The molecule has 2 N–H and O–H groups in total. The first-order valence-corrected chi connectivity index (χ1v) is 15.2. The standard InChI is InChI=1S/C16H14ClFN4O2.C15H14O4S.H3P/c1-7(2)11-12(8(3)4-5-19-11)22-14-9(15(23)21-16(22)24)6-10(18)13(17)20-14;16-14(12-7-3-1-4-8-12)11-15(20(17,18)19)13-9-5-2-6-10-13;/h4-7H,1-3H3,(H,21,23,24);1-10,15H,11H2,(H,17,18,19);1H3/t;15-;/m.0./s1. The van der Waals surface area contributed by atoms with Gasteiger partial charge in [-0.3, -0.25) is 24.1 Å². The number of aryl methyl sites for hydroxylation is 1. The van der Waals surface area contributed by atoms with Crippen molar-refractivity contribution >= 4 is 48.4 Å². The molecule has 0 radical (unpaired) electrons. The summed E-state index contributed by atoms with van der Waals surface area (Å²) in [6, 6.07) is 19.4. The minimum absolute atomic E-state index is 0. The zero-order chi connectivity index (χ0) is 32.2. The van der Waals surface area contributed by atoms with E-state index in [1.807, 2.05) is 20.8 Å². The number of Topliss-reactive ketones (excluding diaryl/α,β-unsaturated/α-hetero) is 1. The number of halogens is 2. The van der Waals surface area contributed by atoms with Crippen LogP contribution in [0, 0.1) is 12.7 Å². The van der Waals surface area contributed by atoms with Crippen molar-refractivity contribution in [1.29, 1.82) is 0 Å². The summed E-state index contributed by atoms with van der Waals surface area (Å²) in [7, 11) is -4.34. The Morgan fingerprint density at radius 1 is 1.04 bits per heavy atom. The third-order valence-electron chi connectivity index (χ3n) is 6.72. The highest BCUT2D eigenvalue weighted by Gasteiger charge is 2.28. The van der Waals surface area contributed by atoms with Crippen molar-refractivity contribution in [3.8, 4) is 5.69 Å². The third kappa shape index (κ3) is 8.15. The number of nitrogens with zero attached hydrogens (tertiary/aromatic N) is 3. The number of hydrogen-bond donors (Lipinski definition) is 2. The Bertz CT molecular complexity index is 2060. The molecule has 0 saturated carbocycles. The van der Waals surface area contributed by atoms with Gasteiger partial charge in [0.25, 0.3) is 15.7 Å². The van der Waals surface area contributed by atoms with Crippen LogP contribution in [0.25, 0.3) is 16.7 Å². The quantitative estimate of drug-likeness (QED) is 0.0976. The molecule has 5 rings (SSSR count). The van der Waals surface area contributed by atoms with E-state index in [1.165, 1.54) is 4.57 Å². The van der Waals surface area contributed by atoms with Crippen LogP contribution >= 0.6 is 21.5 Å². The van der Waals surface area contributed by atoms with Crippen LogP contribution in [0.5, 0.6) is 0 Å². The fourth-order valence-electron chi connectivity index (χ4n) is 4.58. The van der Waals surface area contributed by atoms with Crippen molar-refractivity contribution in [3.05, 3.63) is 133 Å². The summed E-state index contributed by atoms with van der Waals surface area (Å²) in [5.41, 5.74) is 1.36. The first-order chi connectivity index (χ1) is 20.8. The Morgan fingerprint density at radius 3 is 2.22 bits per heavy atom. The van der Waals surface area contributed by atoms with Gasteiger partial charge in [0.05, 0.1) is 16.8 Å². The summed E-state index contributed by atoms with van der Waals surface area (Å²) in [5, 5.41) is -1.71. The van der Waals surface area contributed by atoms with Crippen LogP contribution in [-0.4, -0.2) is 38.3 Å². The number of aromatic nitrogens is 4. The topological polar surface area (TPSA) is 152 Å². The molecule has 0 aliphatic heterocycles. The van der Waals surface area contributed by atoms with Crippen molar-refractivity contribution < 1.29 is 22.2 Å². The fraction of sp³-hybridized carbons (Fsp3) is 0.194. The number of rotatable bonds is 7. The highest BCUT2D eigenvalue weighted by atomic mass is 35.5. The number of hydrogen-bond acceptors (Lipinski definition) is 7. The molecule has 0 amide bonds. The normalized spacial score (nSPS) is 11.8. The molecule has 3 aromatic heterocycles. The van der Waals surface area contributed by atoms with Gasteiger partial charge in [0, 0.05) is 18.2 Å². The number of ketones is 1. The third-order valence-corrected chi connectivity index (χ3v) is 8.14. The van der Waals surface area contributed by atoms with Gasteiger partial charge < -0.3 is 0 Å². The van der Waals surface area contributed by atoms with E-state index in [1.54, 1.807) is 72.9 Å². The number of carbonyl (C=O) groups is 1. The number of aromatic amines is 1. The maximum atomic E-state index is 13.7. The summed E-state index contributed by atoms with van der Waals surface area (Å²) in [6.07, 6.45) is 1.36. The minimum Gasteiger partial charge on any atom is -0.294 e. The van der Waals surface area contributed by atoms with Gasteiger partial charge in [-0.15, -0.1) is 0 Å². The molecule has 0 aliphatic carbocycles. The second kappa shape index (κ2) is 14.8. The van der Waals surface area contributed by atoms with E-state index in [0.29, 0.717) is 22.5 Å². The van der Waals surface area contributed by atoms with E-state index in [-0.39, 0.29) is 39.1 Å². The predicted molar refractivity (Wildman–Crippen MR) is 177 cm³/mol. The lowest BCUT2D eigenvalue weighted by molar-refractivity contribution is 0.0979. The molecule has 1 unspecified atom stereocenters. The monoisotopic (exact) mass is 672 g/mol. The number of H-pyrrole nitrogens is 1. The number of benzene rings is 2. The Hall–Kier alpha value is -4.09. The largest absolute Gasteiger partial charge is 0.334 e. The molecule has 0 aliphatic rings. The van der Waals surface area contributed by atoms with Gasteiger partial charge >= 0.3 is 5.69 Å². The molecule has 45 heavy (non-hydrogen) atoms. The molecule has 0 spiro atoms. The van der Waals surface area contributed by atoms with Crippen LogP contribution in [0.2, 0.25) is 5.15 Å². The lowest BCUT2D eigenvalue weighted by atomic mass is 10.0. The molecule has 0 saturated heterocycles. The van der Waals surface area contributed by atoms with E-state index < -0.39 is 37.6 Å². The fourth-order valence-corrected chi connectivity index (χ4v) is 5.57. The average Bonchev–Trinajstić information content (AvgIpc) is 2.98. The van der Waals surface area contributed by atoms with E-state index in [4.69, 9.17) is 11.6 Å². The molecule has 5 aromatic rings. The van der Waals surface area contributed by atoms with Crippen molar-refractivity contribution in [2.45, 2.75) is 38.4 Å². The van der Waals surface area contributed by atoms with Gasteiger partial charge in [0.2, 0.25) is 0 Å². The number of fused-ring (bicyclic) bond motifs is 1. The molecule has 0 bridgehead atoms. The summed E-state index contributed by atoms with van der Waals surface area (Å²) in [4.78, 5) is 47.1. The van der Waals surface area contributed by atoms with Gasteiger partial charge in [0.15, 0.2) is 22.4 Å². The highest BCUT2D eigenvalue weighted by Crippen LogP contribution is 2.27. The van der Waals surface area contributed by atoms with Crippen molar-refractivity contribution in [1.82, 2.24) is 19.5 Å². The molecule has 0 fully saturated rings. The molecular formula is C31H31ClFN4O6PS. The highest BCUT2D eigenvalue weighted by molar-refractivity contribution is 7.86. The second-order valence-electron chi connectivity index (χ2n) is 10.2. The summed E-state index contributed by atoms with van der Waals surface area (Å²) < 4.78 is 47.3. The molecular weight excluding hydrogens is 642 g/mol. The van der Waals surface area contributed by atoms with Crippen molar-refractivity contribution in [3.63, 3.8) is 0 Å². The van der Waals surface area contributed by atoms with Gasteiger partial charge in [-0.05, 0) is 36.1 Å². The Kier molecular flexibility index (Phi) is 11.6. The molecule has 3 heterocycles. The maximum Gasteiger partial charge on any atom is 0.334 e. The second-order valence-corrected chi connectivity index (χ2v) is 12.1. The summed E-state index contributed by atoms with van der Waals surface area (Å²) in [5.74, 6) is -1.13. The van der Waals surface area contributed by atoms with Crippen molar-refractivity contribution in [2.75, 3.05) is 0 Å². The van der Waals surface area contributed by atoms with Gasteiger partial charge in [0.1, 0.15) is 5.25 Å². The van der Waals surface area contributed by atoms with Crippen LogP contribution in [-0.2, 0) is 10.1 Å². The SMILES string of the molecule is Cc1ccnc(C(C)C)c1-n1c(=O)[nH]c(=O)c2cc(F)c(Cl)nc21.O=C(C[C@@H](c1ccccc1)S(=O)(=O)O)c1ccccc1.P. The average molecular weight is 673 g/mol. The first-order valence-electron chi connectivity index (χ1n) is 13.4. The zero-order valence-corrected chi connectivity index (χ0v) is 27.6. The zero-order valence-electron chi connectivity index (χ0n) is 24.6. The lowest BCUT2D eigenvalue weighted by Gasteiger charge is -2.17. The smallest absolute Gasteiger partial charge is 0.294 e. The molecule has 10 nitrogen and oxygen atoms in total. The summed E-state index contributed by atoms with van der Waals surface area (Å²) >= 11 is 5.76. The maximum absolute atomic E-state index is 13.7. The van der Waals surface area contributed by atoms with Crippen LogP contribution in [0.15, 0.2) is 88.6 Å². The minimum atomic E-state index is -4.34. The summed E-state index contributed by atoms with van der Waals surface area (Å²) in [6.45, 7) is 5.69. The Balaban J connectivity index is 0.000000244. The Labute approximate surface area is 266 Å². The van der Waals surface area contributed by atoms with Gasteiger partial charge in [-0.25, -0.2) is 18.7 Å². The van der Waals surface area contributed by atoms with E-state index in [9.17, 15) is 31.7 Å². The number of pyridine rings is 2. The van der Waals surface area contributed by atoms with Crippen molar-refractivity contribution in [2.24, 2.45) is 0 Å². The molecule has 2 aromatic carbocycles. The molecule has 14 heteroatoms. The van der Waals surface area contributed by atoms with Crippen LogP contribution in [0.4, 0.5) is 4.39 Å². The molecule has 2 atom stereocenters. The van der Waals surface area contributed by atoms with Crippen LogP contribution < -0.4 is 11.2 Å². The Morgan fingerprint density at radius 2 is 1.64 bits per heavy atom. The lowest BCUT2D eigenvalue weighted by Crippen LogP contribution is -2.31. The van der Waals surface area contributed by atoms with Gasteiger partial charge in [-0.1, -0.05) is 86.1 Å². The predicted octanol–water partition coefficient (Wildman–Crippen LogP) is 5.64.